The van der Waals surface area contributed by atoms with Crippen molar-refractivity contribution >= 4 is 23.6 Å². The molecule has 128 valence electrons. The molecular weight excluding hydrogens is 315 g/mol. The highest BCUT2D eigenvalue weighted by Crippen LogP contribution is 2.16. The van der Waals surface area contributed by atoms with Gasteiger partial charge in [-0.3, -0.25) is 9.79 Å². The van der Waals surface area contributed by atoms with Gasteiger partial charge in [0.25, 0.3) is 0 Å². The molecule has 0 aliphatic heterocycles. The lowest BCUT2D eigenvalue weighted by molar-refractivity contribution is -0.120. The Morgan fingerprint density at radius 2 is 2.04 bits per heavy atom. The standard InChI is InChI=1S/C16H25FN4OS/c1-4-7-19-15(22)10-21-16(18-2)20-9-12-5-6-14(17)8-13(12)11-23-3/h5-6,8H,4,7,9-11H2,1-3H3,(H,19,22)(H2,18,20,21). The molecule has 1 aromatic rings. The number of nitrogens with zero attached hydrogens (tertiary/aromatic N) is 1. The average molecular weight is 340 g/mol. The Hall–Kier alpha value is -1.76. The second-order valence-electron chi connectivity index (χ2n) is 4.98. The number of amides is 1. The third-order valence-electron chi connectivity index (χ3n) is 3.13. The van der Waals surface area contributed by atoms with Gasteiger partial charge in [-0.25, -0.2) is 4.39 Å². The first-order valence-electron chi connectivity index (χ1n) is 7.58. The van der Waals surface area contributed by atoms with Crippen molar-refractivity contribution in [2.45, 2.75) is 25.6 Å². The number of carbonyl (C=O) groups excluding carboxylic acids is 1. The van der Waals surface area contributed by atoms with Crippen molar-refractivity contribution in [2.75, 3.05) is 26.4 Å². The third-order valence-corrected chi connectivity index (χ3v) is 3.73. The van der Waals surface area contributed by atoms with Gasteiger partial charge in [0.05, 0.1) is 6.54 Å². The highest BCUT2D eigenvalue weighted by molar-refractivity contribution is 7.97. The van der Waals surface area contributed by atoms with Crippen LogP contribution in [0.15, 0.2) is 23.2 Å². The second kappa shape index (κ2) is 10.9. The van der Waals surface area contributed by atoms with Gasteiger partial charge in [0, 0.05) is 25.9 Å². The highest BCUT2D eigenvalue weighted by atomic mass is 32.2. The maximum absolute atomic E-state index is 13.3. The number of hydrogen-bond donors (Lipinski definition) is 3. The van der Waals surface area contributed by atoms with E-state index in [9.17, 15) is 9.18 Å². The summed E-state index contributed by atoms with van der Waals surface area (Å²) in [5, 5.41) is 8.89. The smallest absolute Gasteiger partial charge is 0.239 e. The molecular formula is C16H25FN4OS. The van der Waals surface area contributed by atoms with Gasteiger partial charge in [0.1, 0.15) is 5.82 Å². The van der Waals surface area contributed by atoms with Crippen LogP contribution in [0.25, 0.3) is 0 Å². The summed E-state index contributed by atoms with van der Waals surface area (Å²) < 4.78 is 13.3. The summed E-state index contributed by atoms with van der Waals surface area (Å²) in [4.78, 5) is 15.7. The Morgan fingerprint density at radius 3 is 2.70 bits per heavy atom. The number of carbonyl (C=O) groups is 1. The predicted octanol–water partition coefficient (Wildman–Crippen LogP) is 1.88. The number of halogens is 1. The summed E-state index contributed by atoms with van der Waals surface area (Å²) in [7, 11) is 1.65. The molecule has 0 bridgehead atoms. The Kier molecular flexibility index (Phi) is 9.12. The molecule has 1 aromatic carbocycles. The summed E-state index contributed by atoms with van der Waals surface area (Å²) >= 11 is 1.65. The SMILES string of the molecule is CCCNC(=O)CNC(=NC)NCc1ccc(F)cc1CSC. The lowest BCUT2D eigenvalue weighted by Crippen LogP contribution is -2.43. The fourth-order valence-corrected chi connectivity index (χ4v) is 2.53. The average Bonchev–Trinajstić information content (AvgIpc) is 2.55. The molecule has 0 radical (unpaired) electrons. The van der Waals surface area contributed by atoms with Crippen LogP contribution in [0.3, 0.4) is 0 Å². The Morgan fingerprint density at radius 1 is 1.26 bits per heavy atom. The van der Waals surface area contributed by atoms with E-state index in [2.05, 4.69) is 20.9 Å². The minimum atomic E-state index is -0.229. The van der Waals surface area contributed by atoms with Crippen molar-refractivity contribution in [3.05, 3.63) is 35.1 Å². The van der Waals surface area contributed by atoms with Crippen LogP contribution in [-0.4, -0.2) is 38.3 Å². The Balaban J connectivity index is 2.53. The van der Waals surface area contributed by atoms with Crippen LogP contribution >= 0.6 is 11.8 Å². The summed E-state index contributed by atoms with van der Waals surface area (Å²) in [6.07, 6.45) is 2.89. The van der Waals surface area contributed by atoms with Crippen LogP contribution in [0.5, 0.6) is 0 Å². The molecule has 0 aliphatic carbocycles. The van der Waals surface area contributed by atoms with E-state index in [4.69, 9.17) is 0 Å². The van der Waals surface area contributed by atoms with E-state index in [1.54, 1.807) is 30.9 Å². The van der Waals surface area contributed by atoms with Gasteiger partial charge < -0.3 is 16.0 Å². The number of nitrogens with one attached hydrogen (secondary N) is 3. The maximum atomic E-state index is 13.3. The fourth-order valence-electron chi connectivity index (χ4n) is 1.95. The van der Waals surface area contributed by atoms with Crippen LogP contribution in [0.4, 0.5) is 4.39 Å². The summed E-state index contributed by atoms with van der Waals surface area (Å²) in [6.45, 7) is 3.36. The minimum Gasteiger partial charge on any atom is -0.355 e. The molecule has 1 amide bonds. The van der Waals surface area contributed by atoms with Crippen LogP contribution in [-0.2, 0) is 17.1 Å². The molecule has 0 saturated heterocycles. The van der Waals surface area contributed by atoms with Crippen LogP contribution < -0.4 is 16.0 Å². The molecule has 3 N–H and O–H groups in total. The van der Waals surface area contributed by atoms with Gasteiger partial charge in [-0.2, -0.15) is 11.8 Å². The molecule has 0 atom stereocenters. The normalized spacial score (nSPS) is 11.2. The molecule has 0 heterocycles. The molecule has 0 spiro atoms. The summed E-state index contributed by atoms with van der Waals surface area (Å²) in [5.41, 5.74) is 1.97. The molecule has 7 heteroatoms. The molecule has 0 aliphatic rings. The van der Waals surface area contributed by atoms with Crippen LogP contribution in [0.2, 0.25) is 0 Å². The topological polar surface area (TPSA) is 65.5 Å². The van der Waals surface area contributed by atoms with E-state index in [-0.39, 0.29) is 18.3 Å². The quantitative estimate of drug-likeness (QED) is 0.499. The Bertz CT molecular complexity index is 537. The number of benzene rings is 1. The van der Waals surface area contributed by atoms with Gasteiger partial charge >= 0.3 is 0 Å². The van der Waals surface area contributed by atoms with E-state index in [1.165, 1.54) is 6.07 Å². The molecule has 5 nitrogen and oxygen atoms in total. The largest absolute Gasteiger partial charge is 0.355 e. The van der Waals surface area contributed by atoms with Gasteiger partial charge in [0.15, 0.2) is 5.96 Å². The maximum Gasteiger partial charge on any atom is 0.239 e. The number of hydrogen-bond acceptors (Lipinski definition) is 3. The van der Waals surface area contributed by atoms with Crippen molar-refractivity contribution in [2.24, 2.45) is 4.99 Å². The number of thioether (sulfide) groups is 1. The molecule has 1 rings (SSSR count). The van der Waals surface area contributed by atoms with Crippen molar-refractivity contribution in [1.29, 1.82) is 0 Å². The van der Waals surface area contributed by atoms with E-state index in [0.29, 0.717) is 19.0 Å². The van der Waals surface area contributed by atoms with E-state index in [1.807, 2.05) is 13.2 Å². The second-order valence-corrected chi connectivity index (χ2v) is 5.84. The zero-order valence-electron chi connectivity index (χ0n) is 13.9. The van der Waals surface area contributed by atoms with Crippen molar-refractivity contribution in [3.8, 4) is 0 Å². The van der Waals surface area contributed by atoms with Crippen LogP contribution in [0.1, 0.15) is 24.5 Å². The zero-order valence-corrected chi connectivity index (χ0v) is 14.7. The fraction of sp³-hybridized carbons (Fsp3) is 0.500. The monoisotopic (exact) mass is 340 g/mol. The van der Waals surface area contributed by atoms with E-state index in [0.717, 1.165) is 23.3 Å². The highest BCUT2D eigenvalue weighted by Gasteiger charge is 2.06. The first-order valence-corrected chi connectivity index (χ1v) is 8.97. The van der Waals surface area contributed by atoms with Crippen molar-refractivity contribution in [1.82, 2.24) is 16.0 Å². The first kappa shape index (κ1) is 19.3. The van der Waals surface area contributed by atoms with Crippen LogP contribution in [0, 0.1) is 5.82 Å². The first-order chi connectivity index (χ1) is 11.1. The molecule has 0 aromatic heterocycles. The van der Waals surface area contributed by atoms with Crippen molar-refractivity contribution < 1.29 is 9.18 Å². The van der Waals surface area contributed by atoms with E-state index >= 15 is 0 Å². The third kappa shape index (κ3) is 7.36. The molecule has 0 saturated carbocycles. The zero-order chi connectivity index (χ0) is 17.1. The minimum absolute atomic E-state index is 0.0698. The number of rotatable bonds is 8. The molecule has 0 unspecified atom stereocenters. The number of aliphatic imine (C=N–C) groups is 1. The number of guanidine groups is 1. The van der Waals surface area contributed by atoms with Crippen molar-refractivity contribution in [3.63, 3.8) is 0 Å². The summed E-state index contributed by atoms with van der Waals surface area (Å²) in [6, 6.07) is 4.78. The molecule has 0 fully saturated rings. The van der Waals surface area contributed by atoms with Gasteiger partial charge in [-0.05, 0) is 35.9 Å². The predicted molar refractivity (Wildman–Crippen MR) is 95.1 cm³/mol. The lowest BCUT2D eigenvalue weighted by atomic mass is 10.1. The Labute approximate surface area is 141 Å². The van der Waals surface area contributed by atoms with E-state index < -0.39 is 0 Å². The van der Waals surface area contributed by atoms with Gasteiger partial charge in [0.2, 0.25) is 5.91 Å². The molecule has 23 heavy (non-hydrogen) atoms. The lowest BCUT2D eigenvalue weighted by Gasteiger charge is -2.14. The van der Waals surface area contributed by atoms with Gasteiger partial charge in [-0.15, -0.1) is 0 Å². The van der Waals surface area contributed by atoms with Gasteiger partial charge in [-0.1, -0.05) is 13.0 Å². The summed E-state index contributed by atoms with van der Waals surface area (Å²) in [5.74, 6) is 0.990.